The quantitative estimate of drug-likeness (QED) is 0.655. The maximum absolute atomic E-state index is 6.43. The third kappa shape index (κ3) is 4.86. The van der Waals surface area contributed by atoms with Crippen molar-refractivity contribution in [3.63, 3.8) is 0 Å². The molecule has 29 heavy (non-hydrogen) atoms. The number of rotatable bonds is 6. The summed E-state index contributed by atoms with van der Waals surface area (Å²) in [5.41, 5.74) is 11.0. The van der Waals surface area contributed by atoms with E-state index < -0.39 is 0 Å². The second-order valence-corrected chi connectivity index (χ2v) is 7.92. The van der Waals surface area contributed by atoms with E-state index in [1.807, 2.05) is 0 Å². The van der Waals surface area contributed by atoms with Crippen LogP contribution < -0.4 is 16.0 Å². The lowest BCUT2D eigenvalue weighted by atomic mass is 9.90. The molecule has 150 valence electrons. The van der Waals surface area contributed by atoms with Crippen LogP contribution in [0.5, 0.6) is 0 Å². The SMILES string of the molecule is Cc1ccc(CNc2ncnc(N3CCC(Cc4ccccc4)CC3)c2N)cc1. The summed E-state index contributed by atoms with van der Waals surface area (Å²) in [7, 11) is 0. The van der Waals surface area contributed by atoms with Gasteiger partial charge in [0.25, 0.3) is 0 Å². The number of benzene rings is 2. The van der Waals surface area contributed by atoms with Crippen molar-refractivity contribution in [1.29, 1.82) is 0 Å². The second-order valence-electron chi connectivity index (χ2n) is 7.92. The highest BCUT2D eigenvalue weighted by molar-refractivity contribution is 5.75. The van der Waals surface area contributed by atoms with Gasteiger partial charge < -0.3 is 16.0 Å². The molecule has 3 aromatic rings. The first kappa shape index (κ1) is 19.2. The normalized spacial score (nSPS) is 14.7. The summed E-state index contributed by atoms with van der Waals surface area (Å²) >= 11 is 0. The molecule has 2 heterocycles. The first-order chi connectivity index (χ1) is 14.2. The Morgan fingerprint density at radius 3 is 2.41 bits per heavy atom. The standard InChI is InChI=1S/C24H29N5/c1-18-7-9-21(10-8-18)16-26-23-22(25)24(28-17-27-23)29-13-11-20(12-14-29)15-19-5-3-2-4-6-19/h2-10,17,20H,11-16,25H2,1H3,(H,26,27,28). The van der Waals surface area contributed by atoms with Gasteiger partial charge in [-0.25, -0.2) is 9.97 Å². The molecule has 3 N–H and O–H groups in total. The van der Waals surface area contributed by atoms with Gasteiger partial charge in [0, 0.05) is 19.6 Å². The molecule has 2 aromatic carbocycles. The molecule has 0 spiro atoms. The van der Waals surface area contributed by atoms with Crippen molar-refractivity contribution < 1.29 is 0 Å². The third-order valence-corrected chi connectivity index (χ3v) is 5.72. The molecule has 0 amide bonds. The molecule has 4 rings (SSSR count). The van der Waals surface area contributed by atoms with Gasteiger partial charge in [-0.15, -0.1) is 0 Å². The summed E-state index contributed by atoms with van der Waals surface area (Å²) in [5, 5.41) is 3.37. The maximum atomic E-state index is 6.43. The number of nitrogens with two attached hydrogens (primary N) is 1. The highest BCUT2D eigenvalue weighted by atomic mass is 15.2. The smallest absolute Gasteiger partial charge is 0.157 e. The Labute approximate surface area is 173 Å². The molecule has 5 nitrogen and oxygen atoms in total. The average molecular weight is 388 g/mol. The summed E-state index contributed by atoms with van der Waals surface area (Å²) in [4.78, 5) is 11.2. The predicted octanol–water partition coefficient (Wildman–Crippen LogP) is 4.44. The van der Waals surface area contributed by atoms with E-state index >= 15 is 0 Å². The lowest BCUT2D eigenvalue weighted by Crippen LogP contribution is -2.35. The first-order valence-electron chi connectivity index (χ1n) is 10.4. The highest BCUT2D eigenvalue weighted by Crippen LogP contribution is 2.31. The number of anilines is 3. The van der Waals surface area contributed by atoms with Crippen molar-refractivity contribution in [2.24, 2.45) is 5.92 Å². The van der Waals surface area contributed by atoms with Crippen LogP contribution in [0.2, 0.25) is 0 Å². The molecule has 0 unspecified atom stereocenters. The summed E-state index contributed by atoms with van der Waals surface area (Å²) in [5.74, 6) is 2.28. The van der Waals surface area contributed by atoms with Gasteiger partial charge in [-0.3, -0.25) is 0 Å². The Kier molecular flexibility index (Phi) is 5.94. The van der Waals surface area contributed by atoms with Crippen LogP contribution in [0.3, 0.4) is 0 Å². The van der Waals surface area contributed by atoms with Crippen LogP contribution in [-0.4, -0.2) is 23.1 Å². The molecular weight excluding hydrogens is 358 g/mol. The van der Waals surface area contributed by atoms with E-state index in [0.29, 0.717) is 18.1 Å². The number of nitrogens with zero attached hydrogens (tertiary/aromatic N) is 3. The summed E-state index contributed by atoms with van der Waals surface area (Å²) in [6.07, 6.45) is 5.07. The largest absolute Gasteiger partial charge is 0.393 e. The van der Waals surface area contributed by atoms with Gasteiger partial charge in [0.1, 0.15) is 12.0 Å². The molecule has 1 saturated heterocycles. The zero-order valence-corrected chi connectivity index (χ0v) is 17.0. The molecule has 0 aliphatic carbocycles. The number of hydrogen-bond donors (Lipinski definition) is 2. The Bertz CT molecular complexity index is 916. The fourth-order valence-corrected chi connectivity index (χ4v) is 3.97. The molecule has 0 radical (unpaired) electrons. The number of piperidine rings is 1. The van der Waals surface area contributed by atoms with Crippen LogP contribution in [-0.2, 0) is 13.0 Å². The fourth-order valence-electron chi connectivity index (χ4n) is 3.97. The van der Waals surface area contributed by atoms with E-state index in [1.165, 1.54) is 16.7 Å². The molecule has 1 aliphatic rings. The number of aryl methyl sites for hydroxylation is 1. The van der Waals surface area contributed by atoms with Crippen molar-refractivity contribution >= 4 is 17.3 Å². The summed E-state index contributed by atoms with van der Waals surface area (Å²) < 4.78 is 0. The van der Waals surface area contributed by atoms with Gasteiger partial charge in [-0.05, 0) is 43.2 Å². The number of nitrogen functional groups attached to an aromatic ring is 1. The van der Waals surface area contributed by atoms with Crippen molar-refractivity contribution in [3.8, 4) is 0 Å². The van der Waals surface area contributed by atoms with Gasteiger partial charge in [0.2, 0.25) is 0 Å². The van der Waals surface area contributed by atoms with Crippen LogP contribution in [0.25, 0.3) is 0 Å². The molecule has 1 fully saturated rings. The van der Waals surface area contributed by atoms with Crippen molar-refractivity contribution in [3.05, 3.63) is 77.6 Å². The van der Waals surface area contributed by atoms with Gasteiger partial charge in [-0.2, -0.15) is 0 Å². The number of hydrogen-bond acceptors (Lipinski definition) is 5. The Hall–Kier alpha value is -3.08. The van der Waals surface area contributed by atoms with Gasteiger partial charge in [0.05, 0.1) is 0 Å². The predicted molar refractivity (Wildman–Crippen MR) is 120 cm³/mol. The lowest BCUT2D eigenvalue weighted by Gasteiger charge is -2.33. The molecule has 1 aliphatic heterocycles. The molecule has 0 atom stereocenters. The third-order valence-electron chi connectivity index (χ3n) is 5.72. The minimum absolute atomic E-state index is 0.640. The Balaban J connectivity index is 1.36. The van der Waals surface area contributed by atoms with E-state index in [2.05, 4.69) is 81.7 Å². The van der Waals surface area contributed by atoms with Crippen molar-refractivity contribution in [2.45, 2.75) is 32.7 Å². The van der Waals surface area contributed by atoms with Gasteiger partial charge in [0.15, 0.2) is 11.6 Å². The first-order valence-corrected chi connectivity index (χ1v) is 10.4. The van der Waals surface area contributed by atoms with Crippen molar-refractivity contribution in [1.82, 2.24) is 9.97 Å². The zero-order valence-electron chi connectivity index (χ0n) is 17.0. The minimum atomic E-state index is 0.640. The highest BCUT2D eigenvalue weighted by Gasteiger charge is 2.23. The maximum Gasteiger partial charge on any atom is 0.157 e. The summed E-state index contributed by atoms with van der Waals surface area (Å²) in [6, 6.07) is 19.2. The average Bonchev–Trinajstić information content (AvgIpc) is 2.76. The Morgan fingerprint density at radius 1 is 0.966 bits per heavy atom. The molecule has 5 heteroatoms. The van der Waals surface area contributed by atoms with Crippen molar-refractivity contribution in [2.75, 3.05) is 29.0 Å². The van der Waals surface area contributed by atoms with Crippen LogP contribution in [0.15, 0.2) is 60.9 Å². The number of nitrogens with one attached hydrogen (secondary N) is 1. The molecule has 1 aromatic heterocycles. The van der Waals surface area contributed by atoms with Gasteiger partial charge in [-0.1, -0.05) is 60.2 Å². The lowest BCUT2D eigenvalue weighted by molar-refractivity contribution is 0.402. The summed E-state index contributed by atoms with van der Waals surface area (Å²) in [6.45, 7) is 4.75. The second kappa shape index (κ2) is 8.95. The zero-order chi connectivity index (χ0) is 20.1. The van der Waals surface area contributed by atoms with Crippen LogP contribution in [0.4, 0.5) is 17.3 Å². The van der Waals surface area contributed by atoms with E-state index in [1.54, 1.807) is 6.33 Å². The minimum Gasteiger partial charge on any atom is -0.393 e. The van der Waals surface area contributed by atoms with Crippen LogP contribution in [0, 0.1) is 12.8 Å². The molecule has 0 saturated carbocycles. The van der Waals surface area contributed by atoms with Gasteiger partial charge >= 0.3 is 0 Å². The monoisotopic (exact) mass is 387 g/mol. The van der Waals surface area contributed by atoms with Crippen LogP contribution >= 0.6 is 0 Å². The number of aromatic nitrogens is 2. The molecular formula is C24H29N5. The fraction of sp³-hybridized carbons (Fsp3) is 0.333. The van der Waals surface area contributed by atoms with Crippen LogP contribution in [0.1, 0.15) is 29.5 Å². The van der Waals surface area contributed by atoms with E-state index in [9.17, 15) is 0 Å². The Morgan fingerprint density at radius 2 is 1.69 bits per heavy atom. The van der Waals surface area contributed by atoms with E-state index in [-0.39, 0.29) is 0 Å². The molecule has 0 bridgehead atoms. The van der Waals surface area contributed by atoms with E-state index in [4.69, 9.17) is 5.73 Å². The topological polar surface area (TPSA) is 67.1 Å². The van der Waals surface area contributed by atoms with E-state index in [0.717, 1.165) is 44.1 Å².